The number of hydrogen-bond donors (Lipinski definition) is 1. The number of aryl methyl sites for hydroxylation is 1. The quantitative estimate of drug-likeness (QED) is 0.849. The van der Waals surface area contributed by atoms with Crippen molar-refractivity contribution in [3.63, 3.8) is 0 Å². The minimum Gasteiger partial charge on any atom is -0.329 e. The number of rotatable bonds is 6. The van der Waals surface area contributed by atoms with Gasteiger partial charge in [0.05, 0.1) is 0 Å². The molecule has 2 atom stereocenters. The second kappa shape index (κ2) is 7.06. The Hall–Kier alpha value is -0.860. The number of benzene rings is 1. The molecule has 0 aliphatic carbocycles. The fourth-order valence-electron chi connectivity index (χ4n) is 3.44. The van der Waals surface area contributed by atoms with Crippen LogP contribution in [0.2, 0.25) is 0 Å². The van der Waals surface area contributed by atoms with Crippen LogP contribution in [0.4, 0.5) is 0 Å². The SMILES string of the molecule is CCCC1CCN(C(CN)c2ccccc2CC)C1. The van der Waals surface area contributed by atoms with E-state index in [2.05, 4.69) is 43.0 Å². The first-order valence-corrected chi connectivity index (χ1v) is 7.82. The van der Waals surface area contributed by atoms with E-state index in [0.717, 1.165) is 18.9 Å². The molecule has 0 spiro atoms. The molecular formula is C17H28N2. The van der Waals surface area contributed by atoms with Gasteiger partial charge in [-0.05, 0) is 42.9 Å². The first-order chi connectivity index (χ1) is 9.30. The Morgan fingerprint density at radius 3 is 2.79 bits per heavy atom. The van der Waals surface area contributed by atoms with E-state index in [1.165, 1.54) is 43.5 Å². The lowest BCUT2D eigenvalue weighted by Crippen LogP contribution is -2.32. The molecular weight excluding hydrogens is 232 g/mol. The van der Waals surface area contributed by atoms with Gasteiger partial charge in [0.25, 0.3) is 0 Å². The highest BCUT2D eigenvalue weighted by Crippen LogP contribution is 2.30. The molecule has 0 aromatic heterocycles. The molecule has 2 N–H and O–H groups in total. The molecule has 2 nitrogen and oxygen atoms in total. The Balaban J connectivity index is 2.12. The smallest absolute Gasteiger partial charge is 0.0473 e. The maximum atomic E-state index is 6.09. The van der Waals surface area contributed by atoms with Crippen LogP contribution >= 0.6 is 0 Å². The topological polar surface area (TPSA) is 29.3 Å². The largest absolute Gasteiger partial charge is 0.329 e. The Morgan fingerprint density at radius 2 is 2.11 bits per heavy atom. The van der Waals surface area contributed by atoms with Crippen molar-refractivity contribution in [1.82, 2.24) is 4.90 Å². The van der Waals surface area contributed by atoms with E-state index >= 15 is 0 Å². The summed E-state index contributed by atoms with van der Waals surface area (Å²) in [5.41, 5.74) is 8.99. The van der Waals surface area contributed by atoms with Crippen molar-refractivity contribution in [1.29, 1.82) is 0 Å². The molecule has 1 fully saturated rings. The second-order valence-electron chi connectivity index (χ2n) is 5.74. The summed E-state index contributed by atoms with van der Waals surface area (Å²) in [6.07, 6.45) is 5.11. The zero-order valence-corrected chi connectivity index (χ0v) is 12.4. The Bertz CT molecular complexity index is 389. The molecule has 2 rings (SSSR count). The predicted octanol–water partition coefficient (Wildman–Crippen LogP) is 3.37. The van der Waals surface area contributed by atoms with Gasteiger partial charge in [-0.2, -0.15) is 0 Å². The molecule has 1 aromatic rings. The van der Waals surface area contributed by atoms with Gasteiger partial charge in [-0.1, -0.05) is 44.5 Å². The van der Waals surface area contributed by atoms with E-state index in [9.17, 15) is 0 Å². The van der Waals surface area contributed by atoms with Crippen molar-refractivity contribution < 1.29 is 0 Å². The van der Waals surface area contributed by atoms with Crippen LogP contribution in [0.5, 0.6) is 0 Å². The van der Waals surface area contributed by atoms with Crippen molar-refractivity contribution in [2.45, 2.75) is 45.6 Å². The monoisotopic (exact) mass is 260 g/mol. The minimum absolute atomic E-state index is 0.415. The van der Waals surface area contributed by atoms with Crippen LogP contribution in [0, 0.1) is 5.92 Å². The van der Waals surface area contributed by atoms with Gasteiger partial charge in [0.2, 0.25) is 0 Å². The normalized spacial score (nSPS) is 21.7. The third-order valence-electron chi connectivity index (χ3n) is 4.47. The van der Waals surface area contributed by atoms with Crippen molar-refractivity contribution in [3.8, 4) is 0 Å². The molecule has 1 heterocycles. The lowest BCUT2D eigenvalue weighted by atomic mass is 9.97. The van der Waals surface area contributed by atoms with Crippen LogP contribution < -0.4 is 5.73 Å². The lowest BCUT2D eigenvalue weighted by molar-refractivity contribution is 0.239. The molecule has 1 aromatic carbocycles. The van der Waals surface area contributed by atoms with Crippen molar-refractivity contribution in [3.05, 3.63) is 35.4 Å². The standard InChI is InChI=1S/C17H28N2/c1-3-7-14-10-11-19(13-14)17(12-18)16-9-6-5-8-15(16)4-2/h5-6,8-9,14,17H,3-4,7,10-13,18H2,1-2H3. The first kappa shape index (κ1) is 14.5. The Morgan fingerprint density at radius 1 is 1.32 bits per heavy atom. The molecule has 19 heavy (non-hydrogen) atoms. The fraction of sp³-hybridized carbons (Fsp3) is 0.647. The molecule has 0 amide bonds. The van der Waals surface area contributed by atoms with Gasteiger partial charge in [0, 0.05) is 19.1 Å². The average Bonchev–Trinajstić information content (AvgIpc) is 2.89. The second-order valence-corrected chi connectivity index (χ2v) is 5.74. The van der Waals surface area contributed by atoms with E-state index in [1.54, 1.807) is 0 Å². The first-order valence-electron chi connectivity index (χ1n) is 7.82. The summed E-state index contributed by atoms with van der Waals surface area (Å²) in [6.45, 7) is 7.69. The molecule has 1 aliphatic rings. The van der Waals surface area contributed by atoms with Crippen molar-refractivity contribution in [2.75, 3.05) is 19.6 Å². The number of nitrogens with zero attached hydrogens (tertiary/aromatic N) is 1. The van der Waals surface area contributed by atoms with Gasteiger partial charge in [0.1, 0.15) is 0 Å². The molecule has 0 radical (unpaired) electrons. The number of likely N-dealkylation sites (tertiary alicyclic amines) is 1. The van der Waals surface area contributed by atoms with Gasteiger partial charge in [-0.15, -0.1) is 0 Å². The van der Waals surface area contributed by atoms with Crippen LogP contribution in [0.25, 0.3) is 0 Å². The number of nitrogens with two attached hydrogens (primary N) is 1. The molecule has 2 unspecified atom stereocenters. The van der Waals surface area contributed by atoms with Crippen molar-refractivity contribution in [2.24, 2.45) is 11.7 Å². The molecule has 1 saturated heterocycles. The highest BCUT2D eigenvalue weighted by atomic mass is 15.2. The zero-order valence-electron chi connectivity index (χ0n) is 12.4. The van der Waals surface area contributed by atoms with Gasteiger partial charge in [-0.3, -0.25) is 4.90 Å². The van der Waals surface area contributed by atoms with Gasteiger partial charge < -0.3 is 5.73 Å². The highest BCUT2D eigenvalue weighted by Gasteiger charge is 2.28. The van der Waals surface area contributed by atoms with E-state index in [1.807, 2.05) is 0 Å². The molecule has 1 aliphatic heterocycles. The summed E-state index contributed by atoms with van der Waals surface area (Å²) in [4.78, 5) is 2.61. The maximum Gasteiger partial charge on any atom is 0.0473 e. The maximum absolute atomic E-state index is 6.09. The highest BCUT2D eigenvalue weighted by molar-refractivity contribution is 5.30. The minimum atomic E-state index is 0.415. The van der Waals surface area contributed by atoms with Crippen LogP contribution in [-0.4, -0.2) is 24.5 Å². The van der Waals surface area contributed by atoms with E-state index in [4.69, 9.17) is 5.73 Å². The summed E-state index contributed by atoms with van der Waals surface area (Å²) < 4.78 is 0. The van der Waals surface area contributed by atoms with Gasteiger partial charge in [-0.25, -0.2) is 0 Å². The number of hydrogen-bond acceptors (Lipinski definition) is 2. The van der Waals surface area contributed by atoms with E-state index in [0.29, 0.717) is 6.04 Å². The van der Waals surface area contributed by atoms with Crippen LogP contribution in [-0.2, 0) is 6.42 Å². The zero-order chi connectivity index (χ0) is 13.7. The third kappa shape index (κ3) is 3.37. The lowest BCUT2D eigenvalue weighted by Gasteiger charge is -2.29. The summed E-state index contributed by atoms with van der Waals surface area (Å²) in [5.74, 6) is 0.882. The average molecular weight is 260 g/mol. The van der Waals surface area contributed by atoms with Gasteiger partial charge in [0.15, 0.2) is 0 Å². The third-order valence-corrected chi connectivity index (χ3v) is 4.47. The fourth-order valence-corrected chi connectivity index (χ4v) is 3.44. The van der Waals surface area contributed by atoms with E-state index < -0.39 is 0 Å². The molecule has 106 valence electrons. The summed E-state index contributed by atoms with van der Waals surface area (Å²) in [5, 5.41) is 0. The van der Waals surface area contributed by atoms with Gasteiger partial charge >= 0.3 is 0 Å². The van der Waals surface area contributed by atoms with E-state index in [-0.39, 0.29) is 0 Å². The molecule has 2 heteroatoms. The van der Waals surface area contributed by atoms with Crippen LogP contribution in [0.15, 0.2) is 24.3 Å². The van der Waals surface area contributed by atoms with Crippen molar-refractivity contribution >= 4 is 0 Å². The molecule has 0 bridgehead atoms. The Labute approximate surface area is 118 Å². The molecule has 0 saturated carbocycles. The summed E-state index contributed by atoms with van der Waals surface area (Å²) in [7, 11) is 0. The van der Waals surface area contributed by atoms with Crippen LogP contribution in [0.1, 0.15) is 50.3 Å². The summed E-state index contributed by atoms with van der Waals surface area (Å²) in [6, 6.07) is 9.22. The predicted molar refractivity (Wildman–Crippen MR) is 82.2 cm³/mol. The Kier molecular flexibility index (Phi) is 5.41. The van der Waals surface area contributed by atoms with Crippen LogP contribution in [0.3, 0.4) is 0 Å². The summed E-state index contributed by atoms with van der Waals surface area (Å²) >= 11 is 0.